The largest absolute Gasteiger partial charge is 0.600 e. The SMILES string of the molecule is CCCCO[NH+](C)[O-]. The minimum Gasteiger partial charge on any atom is -0.600 e. The van der Waals surface area contributed by atoms with Gasteiger partial charge in [0.1, 0.15) is 6.61 Å². The van der Waals surface area contributed by atoms with E-state index in [0.717, 1.165) is 12.8 Å². The van der Waals surface area contributed by atoms with E-state index in [-0.39, 0.29) is 5.23 Å². The van der Waals surface area contributed by atoms with E-state index in [9.17, 15) is 5.21 Å². The van der Waals surface area contributed by atoms with Gasteiger partial charge in [-0.2, -0.15) is 0 Å². The van der Waals surface area contributed by atoms with Crippen LogP contribution < -0.4 is 5.23 Å². The van der Waals surface area contributed by atoms with Crippen LogP contribution in [-0.2, 0) is 4.84 Å². The van der Waals surface area contributed by atoms with Gasteiger partial charge in [0, 0.05) is 0 Å². The van der Waals surface area contributed by atoms with Crippen LogP contribution in [0.5, 0.6) is 0 Å². The van der Waals surface area contributed by atoms with Crippen molar-refractivity contribution in [3.63, 3.8) is 0 Å². The Balaban J connectivity index is 2.72. The van der Waals surface area contributed by atoms with E-state index in [2.05, 4.69) is 11.8 Å². The van der Waals surface area contributed by atoms with Crippen LogP contribution in [0.3, 0.4) is 0 Å². The second-order valence-corrected chi connectivity index (χ2v) is 1.69. The molecule has 0 spiro atoms. The molecule has 1 N–H and O–H groups in total. The number of hydroxylamine groups is 2. The predicted octanol–water partition coefficient (Wildman–Crippen LogP) is -0.269. The fraction of sp³-hybridized carbons (Fsp3) is 1.00. The van der Waals surface area contributed by atoms with E-state index in [1.165, 1.54) is 7.05 Å². The molecule has 0 saturated carbocycles. The van der Waals surface area contributed by atoms with E-state index in [4.69, 9.17) is 0 Å². The molecule has 0 aliphatic heterocycles. The predicted molar refractivity (Wildman–Crippen MR) is 31.1 cm³/mol. The summed E-state index contributed by atoms with van der Waals surface area (Å²) < 4.78 is 0. The Morgan fingerprint density at radius 3 is 2.62 bits per heavy atom. The number of quaternary nitrogens is 1. The molecule has 0 aromatic rings. The van der Waals surface area contributed by atoms with Crippen LogP contribution in [0.1, 0.15) is 19.8 Å². The van der Waals surface area contributed by atoms with E-state index in [1.54, 1.807) is 0 Å². The summed E-state index contributed by atoms with van der Waals surface area (Å²) in [6.45, 7) is 2.63. The summed E-state index contributed by atoms with van der Waals surface area (Å²) in [5.41, 5.74) is 0. The molecule has 8 heavy (non-hydrogen) atoms. The first-order valence-corrected chi connectivity index (χ1v) is 2.90. The van der Waals surface area contributed by atoms with Gasteiger partial charge in [0.05, 0.1) is 7.05 Å². The molecule has 0 radical (unpaired) electrons. The van der Waals surface area contributed by atoms with Gasteiger partial charge in [-0.25, -0.2) is 10.1 Å². The van der Waals surface area contributed by atoms with Gasteiger partial charge in [-0.05, 0) is 6.42 Å². The first-order valence-electron chi connectivity index (χ1n) is 2.90. The van der Waals surface area contributed by atoms with Crippen LogP contribution in [0.25, 0.3) is 0 Å². The highest BCUT2D eigenvalue weighted by Crippen LogP contribution is 1.82. The van der Waals surface area contributed by atoms with Crippen LogP contribution in [0, 0.1) is 5.21 Å². The summed E-state index contributed by atoms with van der Waals surface area (Å²) in [6, 6.07) is 0. The van der Waals surface area contributed by atoms with Crippen LogP contribution in [0.4, 0.5) is 0 Å². The fourth-order valence-corrected chi connectivity index (χ4v) is 0.360. The summed E-state index contributed by atoms with van der Waals surface area (Å²) in [7, 11) is 1.43. The lowest BCUT2D eigenvalue weighted by atomic mass is 10.4. The second kappa shape index (κ2) is 5.03. The van der Waals surface area contributed by atoms with E-state index < -0.39 is 0 Å². The molecule has 0 rings (SSSR count). The number of rotatable bonds is 4. The summed E-state index contributed by atoms with van der Waals surface area (Å²) in [5, 5.41) is 9.91. The van der Waals surface area contributed by atoms with Crippen molar-refractivity contribution in [2.75, 3.05) is 13.7 Å². The lowest BCUT2D eigenvalue weighted by Crippen LogP contribution is -3.02. The molecule has 0 amide bonds. The first kappa shape index (κ1) is 7.88. The Morgan fingerprint density at radius 1 is 1.62 bits per heavy atom. The van der Waals surface area contributed by atoms with Crippen molar-refractivity contribution in [2.45, 2.75) is 19.8 Å². The standard InChI is InChI=1S/C5H13NO2/c1-3-4-5-8-6(2)7/h6H,3-5H2,1-2H3. The summed E-state index contributed by atoms with van der Waals surface area (Å²) >= 11 is 0. The van der Waals surface area contributed by atoms with Gasteiger partial charge in [0.2, 0.25) is 0 Å². The van der Waals surface area contributed by atoms with Crippen LogP contribution in [-0.4, -0.2) is 13.7 Å². The van der Waals surface area contributed by atoms with E-state index >= 15 is 0 Å². The van der Waals surface area contributed by atoms with Crippen molar-refractivity contribution in [3.05, 3.63) is 5.21 Å². The van der Waals surface area contributed by atoms with Gasteiger partial charge in [-0.15, -0.1) is 0 Å². The monoisotopic (exact) mass is 119 g/mol. The quantitative estimate of drug-likeness (QED) is 0.408. The molecule has 50 valence electrons. The molecule has 0 aliphatic rings. The normalized spacial score (nSPS) is 13.9. The Bertz CT molecular complexity index is 47.7. The van der Waals surface area contributed by atoms with Gasteiger partial charge in [0.25, 0.3) is 0 Å². The maximum Gasteiger partial charge on any atom is 0.106 e. The summed E-state index contributed by atoms with van der Waals surface area (Å²) in [4.78, 5) is 4.64. The van der Waals surface area contributed by atoms with Crippen molar-refractivity contribution >= 4 is 0 Å². The molecule has 3 heteroatoms. The summed E-state index contributed by atoms with van der Waals surface area (Å²) in [6.07, 6.45) is 2.05. The van der Waals surface area contributed by atoms with Gasteiger partial charge >= 0.3 is 0 Å². The first-order chi connectivity index (χ1) is 3.77. The van der Waals surface area contributed by atoms with Crippen LogP contribution in [0.15, 0.2) is 0 Å². The second-order valence-electron chi connectivity index (χ2n) is 1.69. The molecule has 0 heterocycles. The van der Waals surface area contributed by atoms with Gasteiger partial charge in [0.15, 0.2) is 0 Å². The molecule has 0 fully saturated rings. The molecule has 0 aromatic heterocycles. The molecule has 0 bridgehead atoms. The maximum atomic E-state index is 10.1. The molecule has 0 saturated heterocycles. The number of unbranched alkanes of at least 4 members (excludes halogenated alkanes) is 1. The van der Waals surface area contributed by atoms with E-state index in [1.807, 2.05) is 0 Å². The van der Waals surface area contributed by atoms with Crippen molar-refractivity contribution in [3.8, 4) is 0 Å². The zero-order valence-corrected chi connectivity index (χ0v) is 5.44. The third-order valence-corrected chi connectivity index (χ3v) is 0.803. The average Bonchev–Trinajstić information content (AvgIpc) is 1.66. The van der Waals surface area contributed by atoms with Gasteiger partial charge in [-0.3, -0.25) is 0 Å². The molecule has 0 aliphatic carbocycles. The minimum absolute atomic E-state index is 0.182. The average molecular weight is 119 g/mol. The van der Waals surface area contributed by atoms with Crippen molar-refractivity contribution in [1.82, 2.24) is 0 Å². The smallest absolute Gasteiger partial charge is 0.106 e. The lowest BCUT2D eigenvalue weighted by molar-refractivity contribution is -1.04. The highest BCUT2D eigenvalue weighted by atomic mass is 16.9. The number of hydrogen-bond donors (Lipinski definition) is 1. The molecule has 1 atom stereocenters. The Kier molecular flexibility index (Phi) is 4.95. The van der Waals surface area contributed by atoms with Gasteiger partial charge in [-0.1, -0.05) is 13.3 Å². The number of hydrogen-bond acceptors (Lipinski definition) is 2. The molecular formula is C5H13NO2. The number of nitrogens with one attached hydrogen (secondary N) is 1. The van der Waals surface area contributed by atoms with Crippen molar-refractivity contribution in [2.24, 2.45) is 0 Å². The van der Waals surface area contributed by atoms with Gasteiger partial charge < -0.3 is 5.21 Å². The highest BCUT2D eigenvalue weighted by molar-refractivity contribution is 4.25. The molecular weight excluding hydrogens is 106 g/mol. The molecule has 0 aromatic carbocycles. The minimum atomic E-state index is -0.182. The molecule has 3 nitrogen and oxygen atoms in total. The Labute approximate surface area is 49.8 Å². The van der Waals surface area contributed by atoms with Crippen LogP contribution >= 0.6 is 0 Å². The molecule has 1 unspecified atom stereocenters. The Hall–Kier alpha value is -0.120. The zero-order chi connectivity index (χ0) is 6.41. The third kappa shape index (κ3) is 5.88. The maximum absolute atomic E-state index is 10.1. The third-order valence-electron chi connectivity index (χ3n) is 0.803. The summed E-state index contributed by atoms with van der Waals surface area (Å²) in [5.74, 6) is 0. The highest BCUT2D eigenvalue weighted by Gasteiger charge is 1.85. The van der Waals surface area contributed by atoms with Crippen molar-refractivity contribution < 1.29 is 10.1 Å². The topological polar surface area (TPSA) is 36.7 Å². The fourth-order valence-electron chi connectivity index (χ4n) is 0.360. The van der Waals surface area contributed by atoms with E-state index in [0.29, 0.717) is 6.61 Å². The van der Waals surface area contributed by atoms with Crippen LogP contribution in [0.2, 0.25) is 0 Å². The zero-order valence-electron chi connectivity index (χ0n) is 5.44. The lowest BCUT2D eigenvalue weighted by Gasteiger charge is -2.12. The van der Waals surface area contributed by atoms with Crippen molar-refractivity contribution in [1.29, 1.82) is 0 Å². The Morgan fingerprint density at radius 2 is 2.25 bits per heavy atom.